The number of nitrogens with zero attached hydrogens (tertiary/aromatic N) is 4. The zero-order valence-electron chi connectivity index (χ0n) is 16.5. The standard InChI is InChI=1S/C23H17FN4O2S/c1-30-17-12-10-16(11-13-17)27-21(29)18-7-3-5-9-20(18)28-22(27)25-26-23(28)31-14-15-6-2-4-8-19(15)24/h2-13H,14H2,1H3. The Kier molecular flexibility index (Phi) is 4.91. The zero-order chi connectivity index (χ0) is 21.4. The number of ether oxygens (including phenoxy) is 1. The van der Waals surface area contributed by atoms with E-state index < -0.39 is 0 Å². The van der Waals surface area contributed by atoms with E-state index >= 15 is 0 Å². The molecule has 0 spiro atoms. The van der Waals surface area contributed by atoms with E-state index in [0.717, 1.165) is 0 Å². The molecule has 0 amide bonds. The first-order chi connectivity index (χ1) is 15.2. The highest BCUT2D eigenvalue weighted by Gasteiger charge is 2.18. The molecule has 6 nitrogen and oxygen atoms in total. The Morgan fingerprint density at radius 3 is 2.48 bits per heavy atom. The van der Waals surface area contributed by atoms with Crippen LogP contribution in [0.25, 0.3) is 22.4 Å². The van der Waals surface area contributed by atoms with Crippen LogP contribution in [0, 0.1) is 5.82 Å². The van der Waals surface area contributed by atoms with Crippen molar-refractivity contribution in [1.82, 2.24) is 19.2 Å². The lowest BCUT2D eigenvalue weighted by atomic mass is 10.2. The molecule has 0 unspecified atom stereocenters. The Morgan fingerprint density at radius 2 is 1.71 bits per heavy atom. The van der Waals surface area contributed by atoms with Crippen LogP contribution in [-0.2, 0) is 5.75 Å². The topological polar surface area (TPSA) is 61.4 Å². The van der Waals surface area contributed by atoms with Crippen molar-refractivity contribution >= 4 is 28.4 Å². The van der Waals surface area contributed by atoms with Gasteiger partial charge in [0.25, 0.3) is 5.56 Å². The van der Waals surface area contributed by atoms with Gasteiger partial charge in [-0.25, -0.2) is 8.96 Å². The summed E-state index contributed by atoms with van der Waals surface area (Å²) in [6.45, 7) is 0. The summed E-state index contributed by atoms with van der Waals surface area (Å²) < 4.78 is 22.7. The van der Waals surface area contributed by atoms with E-state index in [0.29, 0.717) is 44.6 Å². The fourth-order valence-electron chi connectivity index (χ4n) is 3.49. The minimum Gasteiger partial charge on any atom is -0.497 e. The van der Waals surface area contributed by atoms with Gasteiger partial charge in [0.2, 0.25) is 5.78 Å². The van der Waals surface area contributed by atoms with Crippen LogP contribution in [0.2, 0.25) is 0 Å². The minimum absolute atomic E-state index is 0.189. The van der Waals surface area contributed by atoms with Gasteiger partial charge in [-0.2, -0.15) is 0 Å². The molecule has 0 fully saturated rings. The number of halogens is 1. The molecule has 0 N–H and O–H groups in total. The smallest absolute Gasteiger partial charge is 0.267 e. The van der Waals surface area contributed by atoms with Crippen LogP contribution < -0.4 is 10.3 Å². The van der Waals surface area contributed by atoms with E-state index in [1.165, 1.54) is 22.4 Å². The summed E-state index contributed by atoms with van der Waals surface area (Å²) in [5, 5.41) is 9.75. The third-order valence-electron chi connectivity index (χ3n) is 5.04. The van der Waals surface area contributed by atoms with Crippen molar-refractivity contribution in [3.05, 3.63) is 94.5 Å². The van der Waals surface area contributed by atoms with Crippen LogP contribution >= 0.6 is 11.8 Å². The maximum Gasteiger partial charge on any atom is 0.267 e. The van der Waals surface area contributed by atoms with Crippen molar-refractivity contribution < 1.29 is 9.13 Å². The van der Waals surface area contributed by atoms with Crippen molar-refractivity contribution in [3.8, 4) is 11.4 Å². The number of fused-ring (bicyclic) bond motifs is 3. The Balaban J connectivity index is 1.70. The molecule has 0 saturated heterocycles. The third-order valence-corrected chi connectivity index (χ3v) is 6.02. The molecule has 2 aromatic heterocycles. The molecule has 0 saturated carbocycles. The van der Waals surface area contributed by atoms with E-state index in [2.05, 4.69) is 10.2 Å². The molecule has 0 radical (unpaired) electrons. The molecule has 154 valence electrons. The van der Waals surface area contributed by atoms with Crippen molar-refractivity contribution in [1.29, 1.82) is 0 Å². The second-order valence-electron chi connectivity index (χ2n) is 6.85. The Bertz CT molecular complexity index is 1460. The molecule has 0 aliphatic carbocycles. The molecule has 2 heterocycles. The van der Waals surface area contributed by atoms with Crippen LogP contribution in [-0.4, -0.2) is 26.3 Å². The van der Waals surface area contributed by atoms with Crippen molar-refractivity contribution in [2.45, 2.75) is 10.9 Å². The van der Waals surface area contributed by atoms with Crippen molar-refractivity contribution in [2.75, 3.05) is 7.11 Å². The van der Waals surface area contributed by atoms with Gasteiger partial charge in [-0.15, -0.1) is 10.2 Å². The SMILES string of the molecule is COc1ccc(-n2c(=O)c3ccccc3n3c(SCc4ccccc4F)nnc23)cc1. The highest BCUT2D eigenvalue weighted by Crippen LogP contribution is 2.26. The number of hydrogen-bond donors (Lipinski definition) is 0. The number of benzene rings is 3. The average molecular weight is 432 g/mol. The van der Waals surface area contributed by atoms with Gasteiger partial charge in [0.15, 0.2) is 5.16 Å². The predicted octanol–water partition coefficient (Wildman–Crippen LogP) is 4.47. The lowest BCUT2D eigenvalue weighted by Gasteiger charge is -2.12. The average Bonchev–Trinajstić information content (AvgIpc) is 3.23. The maximum absolute atomic E-state index is 14.1. The molecule has 31 heavy (non-hydrogen) atoms. The Hall–Kier alpha value is -3.65. The largest absolute Gasteiger partial charge is 0.497 e. The number of methoxy groups -OCH3 is 1. The van der Waals surface area contributed by atoms with Gasteiger partial charge < -0.3 is 4.74 Å². The summed E-state index contributed by atoms with van der Waals surface area (Å²) in [4.78, 5) is 13.3. The van der Waals surface area contributed by atoms with Gasteiger partial charge in [-0.3, -0.25) is 9.20 Å². The quantitative estimate of drug-likeness (QED) is 0.384. The molecular weight excluding hydrogens is 415 g/mol. The summed E-state index contributed by atoms with van der Waals surface area (Å²) in [6, 6.07) is 21.2. The molecule has 5 aromatic rings. The third kappa shape index (κ3) is 3.34. The number of rotatable bonds is 5. The summed E-state index contributed by atoms with van der Waals surface area (Å²) in [6.07, 6.45) is 0. The number of para-hydroxylation sites is 1. The van der Waals surface area contributed by atoms with Crippen LogP contribution in [0.15, 0.2) is 82.7 Å². The van der Waals surface area contributed by atoms with Gasteiger partial charge in [0.1, 0.15) is 11.6 Å². The van der Waals surface area contributed by atoms with E-state index in [1.54, 1.807) is 55.6 Å². The predicted molar refractivity (Wildman–Crippen MR) is 119 cm³/mol. The summed E-state index contributed by atoms with van der Waals surface area (Å²) in [7, 11) is 1.59. The molecule has 8 heteroatoms. The fraction of sp³-hybridized carbons (Fsp3) is 0.0870. The Morgan fingerprint density at radius 1 is 0.968 bits per heavy atom. The molecule has 0 atom stereocenters. The second-order valence-corrected chi connectivity index (χ2v) is 7.80. The highest BCUT2D eigenvalue weighted by atomic mass is 32.2. The molecular formula is C23H17FN4O2S. The lowest BCUT2D eigenvalue weighted by molar-refractivity contribution is 0.414. The monoisotopic (exact) mass is 432 g/mol. The van der Waals surface area contributed by atoms with E-state index in [1.807, 2.05) is 22.6 Å². The summed E-state index contributed by atoms with van der Waals surface area (Å²) in [5.74, 6) is 1.22. The van der Waals surface area contributed by atoms with Crippen LogP contribution in [0.1, 0.15) is 5.56 Å². The molecule has 0 aliphatic rings. The molecule has 0 bridgehead atoms. The van der Waals surface area contributed by atoms with Gasteiger partial charge in [0, 0.05) is 5.75 Å². The van der Waals surface area contributed by atoms with Gasteiger partial charge in [0.05, 0.1) is 23.7 Å². The fourth-order valence-corrected chi connectivity index (χ4v) is 4.42. The van der Waals surface area contributed by atoms with Gasteiger partial charge in [-0.05, 0) is 48.0 Å². The van der Waals surface area contributed by atoms with Crippen molar-refractivity contribution in [3.63, 3.8) is 0 Å². The number of thioether (sulfide) groups is 1. The van der Waals surface area contributed by atoms with Crippen molar-refractivity contribution in [2.24, 2.45) is 0 Å². The van der Waals surface area contributed by atoms with Crippen LogP contribution in [0.3, 0.4) is 0 Å². The number of hydrogen-bond acceptors (Lipinski definition) is 5. The normalized spacial score (nSPS) is 11.3. The first-order valence-corrected chi connectivity index (χ1v) is 10.6. The Labute approximate surface area is 180 Å². The first kappa shape index (κ1) is 19.3. The second kappa shape index (κ2) is 7.88. The van der Waals surface area contributed by atoms with Crippen LogP contribution in [0.5, 0.6) is 5.75 Å². The van der Waals surface area contributed by atoms with E-state index in [4.69, 9.17) is 4.74 Å². The van der Waals surface area contributed by atoms with Crippen LogP contribution in [0.4, 0.5) is 4.39 Å². The molecule has 3 aromatic carbocycles. The molecule has 0 aliphatic heterocycles. The van der Waals surface area contributed by atoms with E-state index in [9.17, 15) is 9.18 Å². The van der Waals surface area contributed by atoms with Gasteiger partial charge in [-0.1, -0.05) is 42.1 Å². The number of aromatic nitrogens is 4. The molecule has 5 rings (SSSR count). The zero-order valence-corrected chi connectivity index (χ0v) is 17.3. The van der Waals surface area contributed by atoms with E-state index in [-0.39, 0.29) is 11.4 Å². The summed E-state index contributed by atoms with van der Waals surface area (Å²) >= 11 is 1.37. The first-order valence-electron chi connectivity index (χ1n) is 9.57. The van der Waals surface area contributed by atoms with Gasteiger partial charge >= 0.3 is 0 Å². The lowest BCUT2D eigenvalue weighted by Crippen LogP contribution is -2.21. The summed E-state index contributed by atoms with van der Waals surface area (Å²) in [5.41, 5.74) is 1.75. The maximum atomic E-state index is 14.1. The highest BCUT2D eigenvalue weighted by molar-refractivity contribution is 7.98. The minimum atomic E-state index is -0.260.